The van der Waals surface area contributed by atoms with Gasteiger partial charge in [0.2, 0.25) is 0 Å². The van der Waals surface area contributed by atoms with Crippen molar-refractivity contribution in [1.82, 2.24) is 14.8 Å². The zero-order chi connectivity index (χ0) is 27.8. The maximum Gasteiger partial charge on any atom is 0.153 e. The Balaban J connectivity index is 1.92. The average molecular weight is 555 g/mol. The van der Waals surface area contributed by atoms with Crippen LogP contribution < -0.4 is 5.73 Å². The van der Waals surface area contributed by atoms with Gasteiger partial charge in [-0.3, -0.25) is 4.68 Å². The highest BCUT2D eigenvalue weighted by Gasteiger charge is 2.23. The van der Waals surface area contributed by atoms with Gasteiger partial charge >= 0.3 is 0 Å². The van der Waals surface area contributed by atoms with Crippen molar-refractivity contribution in [2.75, 3.05) is 6.26 Å². The van der Waals surface area contributed by atoms with E-state index < -0.39 is 21.5 Å². The molecule has 10 heteroatoms. The third-order valence-corrected chi connectivity index (χ3v) is 6.93. The first-order valence-corrected chi connectivity index (χ1v) is 14.2. The van der Waals surface area contributed by atoms with Gasteiger partial charge in [0.05, 0.1) is 33.7 Å². The van der Waals surface area contributed by atoms with E-state index >= 15 is 0 Å². The summed E-state index contributed by atoms with van der Waals surface area (Å²) in [5.41, 5.74) is 9.43. The van der Waals surface area contributed by atoms with Crippen molar-refractivity contribution in [2.24, 2.45) is 12.8 Å². The Labute approximate surface area is 226 Å². The SMILES string of the molecule is Cn1nc(CS(C)(=O)=O)c2c(Cl)ccc(-c3ccc(C#CC(C)(C)O)nc3[C@@H](N)Cc3cccc(F)c3)c21. The van der Waals surface area contributed by atoms with Crippen LogP contribution in [0, 0.1) is 17.7 Å². The van der Waals surface area contributed by atoms with Crippen LogP contribution in [0.3, 0.4) is 0 Å². The van der Waals surface area contributed by atoms with Crippen molar-refractivity contribution < 1.29 is 17.9 Å². The van der Waals surface area contributed by atoms with E-state index in [0.717, 1.165) is 6.26 Å². The van der Waals surface area contributed by atoms with Gasteiger partial charge in [0, 0.05) is 29.8 Å². The summed E-state index contributed by atoms with van der Waals surface area (Å²) in [6, 6.07) is 12.6. The quantitative estimate of drug-likeness (QED) is 0.343. The van der Waals surface area contributed by atoms with Gasteiger partial charge in [-0.15, -0.1) is 0 Å². The summed E-state index contributed by atoms with van der Waals surface area (Å²) in [4.78, 5) is 4.73. The number of aliphatic hydroxyl groups is 1. The zero-order valence-electron chi connectivity index (χ0n) is 21.5. The van der Waals surface area contributed by atoms with Crippen LogP contribution in [-0.4, -0.2) is 40.1 Å². The maximum absolute atomic E-state index is 13.9. The van der Waals surface area contributed by atoms with E-state index in [1.54, 1.807) is 49.8 Å². The first-order valence-electron chi connectivity index (χ1n) is 11.8. The molecule has 3 N–H and O–H groups in total. The van der Waals surface area contributed by atoms with E-state index in [4.69, 9.17) is 22.3 Å². The molecule has 2 aromatic carbocycles. The third kappa shape index (κ3) is 6.40. The summed E-state index contributed by atoms with van der Waals surface area (Å²) in [5.74, 6) is 5.02. The van der Waals surface area contributed by atoms with E-state index in [9.17, 15) is 17.9 Å². The number of aromatic nitrogens is 3. The highest BCUT2D eigenvalue weighted by atomic mass is 35.5. The van der Waals surface area contributed by atoms with Gasteiger partial charge in [-0.1, -0.05) is 35.7 Å². The number of nitrogens with two attached hydrogens (primary N) is 1. The topological polar surface area (TPSA) is 111 Å². The molecular weight excluding hydrogens is 527 g/mol. The summed E-state index contributed by atoms with van der Waals surface area (Å²) in [6.07, 6.45) is 1.45. The van der Waals surface area contributed by atoms with E-state index in [2.05, 4.69) is 16.9 Å². The van der Waals surface area contributed by atoms with Crippen molar-refractivity contribution in [3.63, 3.8) is 0 Å². The number of halogens is 2. The van der Waals surface area contributed by atoms with Crippen LogP contribution in [-0.2, 0) is 29.1 Å². The highest BCUT2D eigenvalue weighted by Crippen LogP contribution is 2.38. The number of hydrogen-bond donors (Lipinski definition) is 2. The van der Waals surface area contributed by atoms with Crippen molar-refractivity contribution in [1.29, 1.82) is 0 Å². The standard InChI is InChI=1S/C28H28ClFN4O3S/c1-28(2,35)13-12-19-8-9-20(26(32-19)23(31)15-17-6-5-7-18(30)14-17)21-10-11-22(29)25-24(16-38(4,36)37)33-34(3)27(21)25/h5-11,14,23,35H,15-16,31H2,1-4H3/t23-/m0/s1. The molecule has 0 aliphatic carbocycles. The Morgan fingerprint density at radius 1 is 1.18 bits per heavy atom. The summed E-state index contributed by atoms with van der Waals surface area (Å²) in [5, 5.41) is 15.4. The van der Waals surface area contributed by atoms with Gasteiger partial charge in [-0.05, 0) is 62.1 Å². The van der Waals surface area contributed by atoms with Gasteiger partial charge in [0.25, 0.3) is 0 Å². The minimum absolute atomic E-state index is 0.261. The Kier molecular flexibility index (Phi) is 7.64. The van der Waals surface area contributed by atoms with Crippen LogP contribution >= 0.6 is 11.6 Å². The number of hydrogen-bond acceptors (Lipinski definition) is 6. The zero-order valence-corrected chi connectivity index (χ0v) is 23.0. The lowest BCUT2D eigenvalue weighted by Crippen LogP contribution is -2.17. The molecule has 0 saturated heterocycles. The number of rotatable bonds is 6. The third-order valence-electron chi connectivity index (χ3n) is 5.82. The van der Waals surface area contributed by atoms with Gasteiger partial charge in [0.1, 0.15) is 17.1 Å². The molecule has 0 aliphatic rings. The lowest BCUT2D eigenvalue weighted by molar-refractivity contribution is 0.143. The summed E-state index contributed by atoms with van der Waals surface area (Å²) in [7, 11) is -1.65. The van der Waals surface area contributed by atoms with E-state index in [-0.39, 0.29) is 11.6 Å². The largest absolute Gasteiger partial charge is 0.378 e. The highest BCUT2D eigenvalue weighted by molar-refractivity contribution is 7.89. The van der Waals surface area contributed by atoms with Crippen LogP contribution in [0.15, 0.2) is 48.5 Å². The molecule has 0 spiro atoms. The Morgan fingerprint density at radius 3 is 2.55 bits per heavy atom. The first-order chi connectivity index (χ1) is 17.7. The predicted molar refractivity (Wildman–Crippen MR) is 148 cm³/mol. The molecule has 0 aliphatic heterocycles. The molecule has 0 fully saturated rings. The molecule has 0 saturated carbocycles. The van der Waals surface area contributed by atoms with E-state index in [0.29, 0.717) is 56.1 Å². The van der Waals surface area contributed by atoms with Gasteiger partial charge in [-0.2, -0.15) is 5.10 Å². The molecule has 4 aromatic rings. The fourth-order valence-corrected chi connectivity index (χ4v) is 5.27. The lowest BCUT2D eigenvalue weighted by atomic mass is 9.94. The van der Waals surface area contributed by atoms with Crippen LogP contribution in [0.2, 0.25) is 5.02 Å². The van der Waals surface area contributed by atoms with Gasteiger partial charge in [0.15, 0.2) is 9.84 Å². The molecule has 7 nitrogen and oxygen atoms in total. The monoisotopic (exact) mass is 554 g/mol. The fraction of sp³-hybridized carbons (Fsp3) is 0.286. The summed E-state index contributed by atoms with van der Waals surface area (Å²) >= 11 is 6.53. The summed E-state index contributed by atoms with van der Waals surface area (Å²) < 4.78 is 39.6. The number of fused-ring (bicyclic) bond motifs is 1. The minimum atomic E-state index is -3.37. The second-order valence-electron chi connectivity index (χ2n) is 9.84. The molecule has 1 atom stereocenters. The Bertz CT molecular complexity index is 1700. The van der Waals surface area contributed by atoms with E-state index in [1.807, 2.05) is 12.1 Å². The molecule has 0 bridgehead atoms. The van der Waals surface area contributed by atoms with Crippen LogP contribution in [0.1, 0.15) is 42.5 Å². The van der Waals surface area contributed by atoms with Crippen molar-refractivity contribution in [2.45, 2.75) is 37.7 Å². The molecule has 4 rings (SSSR count). The molecule has 0 amide bonds. The molecule has 2 heterocycles. The Hall–Kier alpha value is -3.29. The van der Waals surface area contributed by atoms with Crippen LogP contribution in [0.25, 0.3) is 22.0 Å². The maximum atomic E-state index is 13.9. The van der Waals surface area contributed by atoms with Gasteiger partial charge < -0.3 is 10.8 Å². The molecule has 0 radical (unpaired) electrons. The second kappa shape index (κ2) is 10.5. The van der Waals surface area contributed by atoms with Crippen LogP contribution in [0.4, 0.5) is 4.39 Å². The van der Waals surface area contributed by atoms with Gasteiger partial charge in [-0.25, -0.2) is 17.8 Å². The number of aryl methyl sites for hydroxylation is 1. The molecule has 198 valence electrons. The number of pyridine rings is 1. The second-order valence-corrected chi connectivity index (χ2v) is 12.4. The number of sulfone groups is 1. The molecule has 0 unspecified atom stereocenters. The van der Waals surface area contributed by atoms with Crippen molar-refractivity contribution in [3.05, 3.63) is 82.0 Å². The Morgan fingerprint density at radius 2 is 1.89 bits per heavy atom. The van der Waals surface area contributed by atoms with E-state index in [1.165, 1.54) is 12.1 Å². The fourth-order valence-electron chi connectivity index (χ4n) is 4.31. The molecule has 2 aromatic heterocycles. The predicted octanol–water partition coefficient (Wildman–Crippen LogP) is 4.34. The number of nitrogens with zero attached hydrogens (tertiary/aromatic N) is 3. The lowest BCUT2D eigenvalue weighted by Gasteiger charge is -2.18. The summed E-state index contributed by atoms with van der Waals surface area (Å²) in [6.45, 7) is 3.15. The first kappa shape index (κ1) is 27.7. The molecule has 38 heavy (non-hydrogen) atoms. The smallest absolute Gasteiger partial charge is 0.153 e. The van der Waals surface area contributed by atoms with Crippen molar-refractivity contribution >= 4 is 32.3 Å². The average Bonchev–Trinajstić information content (AvgIpc) is 3.12. The normalized spacial score (nSPS) is 12.8. The van der Waals surface area contributed by atoms with Crippen LogP contribution in [0.5, 0.6) is 0 Å². The molecular formula is C28H28ClFN4O3S. The minimum Gasteiger partial charge on any atom is -0.378 e. The number of benzene rings is 2. The van der Waals surface area contributed by atoms with Crippen molar-refractivity contribution in [3.8, 4) is 23.0 Å².